The molecule has 0 aromatic heterocycles. The summed E-state index contributed by atoms with van der Waals surface area (Å²) in [6.45, 7) is 12.6. The van der Waals surface area contributed by atoms with Crippen LogP contribution >= 0.6 is 0 Å². The number of hydrogen-bond donors (Lipinski definition) is 1. The maximum Gasteiger partial charge on any atom is 0.0449 e. The van der Waals surface area contributed by atoms with Gasteiger partial charge in [-0.3, -0.25) is 4.90 Å². The van der Waals surface area contributed by atoms with Crippen molar-refractivity contribution in [2.24, 2.45) is 5.41 Å². The average Bonchev–Trinajstić information content (AvgIpc) is 2.38. The lowest BCUT2D eigenvalue weighted by atomic mass is 9.83. The molecule has 1 aromatic rings. The van der Waals surface area contributed by atoms with Gasteiger partial charge in [0.15, 0.2) is 0 Å². The monoisotopic (exact) mass is 246 g/mol. The lowest BCUT2D eigenvalue weighted by Crippen LogP contribution is -2.57. The number of nitrogens with one attached hydrogen (secondary N) is 1. The Hall–Kier alpha value is -0.860. The molecule has 0 bridgehead atoms. The molecule has 2 heteroatoms. The van der Waals surface area contributed by atoms with Crippen molar-refractivity contribution in [1.29, 1.82) is 0 Å². The fraction of sp³-hybridized carbons (Fsp3) is 0.625. The Morgan fingerprint density at radius 1 is 1.22 bits per heavy atom. The van der Waals surface area contributed by atoms with Crippen molar-refractivity contribution in [3.05, 3.63) is 35.9 Å². The maximum absolute atomic E-state index is 3.71. The SMILES string of the molecule is CCN1CC(c2ccccc2)NCC1C(C)(C)C. The topological polar surface area (TPSA) is 15.3 Å². The molecule has 18 heavy (non-hydrogen) atoms. The molecule has 100 valence electrons. The number of nitrogens with zero attached hydrogens (tertiary/aromatic N) is 1. The second-order valence-electron chi connectivity index (χ2n) is 6.34. The molecule has 2 unspecified atom stereocenters. The molecule has 2 rings (SSSR count). The van der Waals surface area contributed by atoms with Crippen molar-refractivity contribution >= 4 is 0 Å². The zero-order chi connectivity index (χ0) is 13.2. The van der Waals surface area contributed by atoms with Crippen LogP contribution in [0.25, 0.3) is 0 Å². The zero-order valence-corrected chi connectivity index (χ0v) is 12.1. The van der Waals surface area contributed by atoms with Crippen LogP contribution in [0.2, 0.25) is 0 Å². The Bertz CT molecular complexity index is 366. The second-order valence-corrected chi connectivity index (χ2v) is 6.34. The van der Waals surface area contributed by atoms with E-state index in [2.05, 4.69) is 68.2 Å². The molecule has 1 N–H and O–H groups in total. The first kappa shape index (κ1) is 13.6. The smallest absolute Gasteiger partial charge is 0.0449 e. The fourth-order valence-electron chi connectivity index (χ4n) is 2.92. The van der Waals surface area contributed by atoms with Gasteiger partial charge in [-0.15, -0.1) is 0 Å². The maximum atomic E-state index is 3.71. The molecule has 1 heterocycles. The van der Waals surface area contributed by atoms with Gasteiger partial charge < -0.3 is 5.32 Å². The van der Waals surface area contributed by atoms with Crippen LogP contribution in [-0.4, -0.2) is 30.6 Å². The minimum absolute atomic E-state index is 0.338. The van der Waals surface area contributed by atoms with Gasteiger partial charge in [0.25, 0.3) is 0 Å². The van der Waals surface area contributed by atoms with Gasteiger partial charge in [-0.2, -0.15) is 0 Å². The van der Waals surface area contributed by atoms with Gasteiger partial charge in [0.1, 0.15) is 0 Å². The standard InChI is InChI=1S/C16H26N2/c1-5-18-12-14(13-9-7-6-8-10-13)17-11-15(18)16(2,3)4/h6-10,14-15,17H,5,11-12H2,1-4H3. The summed E-state index contributed by atoms with van der Waals surface area (Å²) in [5, 5.41) is 3.71. The molecule has 1 aliphatic rings. The van der Waals surface area contributed by atoms with E-state index in [9.17, 15) is 0 Å². The van der Waals surface area contributed by atoms with E-state index in [1.165, 1.54) is 5.56 Å². The van der Waals surface area contributed by atoms with E-state index in [1.54, 1.807) is 0 Å². The first-order valence-electron chi connectivity index (χ1n) is 7.04. The molecule has 0 spiro atoms. The highest BCUT2D eigenvalue weighted by Gasteiger charge is 2.34. The summed E-state index contributed by atoms with van der Waals surface area (Å²) in [5.41, 5.74) is 1.74. The van der Waals surface area contributed by atoms with Crippen molar-refractivity contribution in [2.75, 3.05) is 19.6 Å². The van der Waals surface area contributed by atoms with E-state index in [0.29, 0.717) is 17.5 Å². The quantitative estimate of drug-likeness (QED) is 0.863. The highest BCUT2D eigenvalue weighted by molar-refractivity contribution is 5.20. The lowest BCUT2D eigenvalue weighted by molar-refractivity contribution is 0.0602. The van der Waals surface area contributed by atoms with Crippen molar-refractivity contribution in [3.8, 4) is 0 Å². The van der Waals surface area contributed by atoms with Crippen LogP contribution in [0.4, 0.5) is 0 Å². The third-order valence-corrected chi connectivity index (χ3v) is 4.02. The van der Waals surface area contributed by atoms with Crippen LogP contribution in [0, 0.1) is 5.41 Å². The van der Waals surface area contributed by atoms with Crippen LogP contribution in [0.3, 0.4) is 0 Å². The minimum Gasteiger partial charge on any atom is -0.307 e. The van der Waals surface area contributed by atoms with E-state index in [1.807, 2.05) is 0 Å². The van der Waals surface area contributed by atoms with Crippen LogP contribution in [0.5, 0.6) is 0 Å². The largest absolute Gasteiger partial charge is 0.307 e. The van der Waals surface area contributed by atoms with Crippen LogP contribution in [-0.2, 0) is 0 Å². The number of piperazine rings is 1. The molecule has 2 nitrogen and oxygen atoms in total. The van der Waals surface area contributed by atoms with Gasteiger partial charge in [0, 0.05) is 25.2 Å². The van der Waals surface area contributed by atoms with Gasteiger partial charge in [0.2, 0.25) is 0 Å². The summed E-state index contributed by atoms with van der Waals surface area (Å²) in [4.78, 5) is 2.62. The van der Waals surface area contributed by atoms with Gasteiger partial charge >= 0.3 is 0 Å². The summed E-state index contributed by atoms with van der Waals surface area (Å²) in [7, 11) is 0. The molecule has 0 saturated carbocycles. The zero-order valence-electron chi connectivity index (χ0n) is 12.1. The first-order chi connectivity index (χ1) is 8.52. The van der Waals surface area contributed by atoms with E-state index in [0.717, 1.165) is 19.6 Å². The Morgan fingerprint density at radius 2 is 1.89 bits per heavy atom. The summed E-state index contributed by atoms with van der Waals surface area (Å²) in [6, 6.07) is 11.9. The predicted molar refractivity (Wildman–Crippen MR) is 77.7 cm³/mol. The van der Waals surface area contributed by atoms with Crippen molar-refractivity contribution < 1.29 is 0 Å². The van der Waals surface area contributed by atoms with Crippen LogP contribution < -0.4 is 5.32 Å². The first-order valence-corrected chi connectivity index (χ1v) is 7.04. The van der Waals surface area contributed by atoms with Gasteiger partial charge in [-0.25, -0.2) is 0 Å². The van der Waals surface area contributed by atoms with E-state index >= 15 is 0 Å². The molecule has 2 atom stereocenters. The summed E-state index contributed by atoms with van der Waals surface area (Å²) in [6.07, 6.45) is 0. The van der Waals surface area contributed by atoms with Gasteiger partial charge in [0.05, 0.1) is 0 Å². The highest BCUT2D eigenvalue weighted by Crippen LogP contribution is 2.29. The van der Waals surface area contributed by atoms with Crippen molar-refractivity contribution in [2.45, 2.75) is 39.8 Å². The van der Waals surface area contributed by atoms with E-state index in [4.69, 9.17) is 0 Å². The molecule has 1 aliphatic heterocycles. The second kappa shape index (κ2) is 5.41. The predicted octanol–water partition coefficient (Wildman–Crippen LogP) is 3.07. The number of likely N-dealkylation sites (N-methyl/N-ethyl adjacent to an activating group) is 1. The molecule has 1 fully saturated rings. The molecular formula is C16H26N2. The van der Waals surface area contributed by atoms with E-state index < -0.39 is 0 Å². The lowest BCUT2D eigenvalue weighted by Gasteiger charge is -2.46. The third-order valence-electron chi connectivity index (χ3n) is 4.02. The normalized spacial score (nSPS) is 26.2. The number of hydrogen-bond acceptors (Lipinski definition) is 2. The number of benzene rings is 1. The van der Waals surface area contributed by atoms with Gasteiger partial charge in [-0.05, 0) is 17.5 Å². The summed E-state index contributed by atoms with van der Waals surface area (Å²) >= 11 is 0. The molecule has 0 amide bonds. The molecular weight excluding hydrogens is 220 g/mol. The average molecular weight is 246 g/mol. The minimum atomic E-state index is 0.338. The Kier molecular flexibility index (Phi) is 4.08. The molecule has 0 aliphatic carbocycles. The molecule has 0 radical (unpaired) electrons. The Balaban J connectivity index is 2.10. The molecule has 1 aromatic carbocycles. The summed E-state index contributed by atoms with van der Waals surface area (Å²) in [5.74, 6) is 0. The Morgan fingerprint density at radius 3 is 2.44 bits per heavy atom. The van der Waals surface area contributed by atoms with Crippen LogP contribution in [0.1, 0.15) is 39.3 Å². The number of rotatable bonds is 2. The van der Waals surface area contributed by atoms with Crippen molar-refractivity contribution in [1.82, 2.24) is 10.2 Å². The fourth-order valence-corrected chi connectivity index (χ4v) is 2.92. The third kappa shape index (κ3) is 2.93. The summed E-state index contributed by atoms with van der Waals surface area (Å²) < 4.78 is 0. The van der Waals surface area contributed by atoms with E-state index in [-0.39, 0.29) is 0 Å². The van der Waals surface area contributed by atoms with Gasteiger partial charge in [-0.1, -0.05) is 58.0 Å². The van der Waals surface area contributed by atoms with Crippen molar-refractivity contribution in [3.63, 3.8) is 0 Å². The Labute approximate surface area is 111 Å². The van der Waals surface area contributed by atoms with Crippen LogP contribution in [0.15, 0.2) is 30.3 Å². The molecule has 1 saturated heterocycles. The highest BCUT2D eigenvalue weighted by atomic mass is 15.2.